The Morgan fingerprint density at radius 2 is 1.95 bits per heavy atom. The minimum atomic E-state index is -0.665. The molecule has 1 heterocycles. The first-order valence-corrected chi connectivity index (χ1v) is 8.34. The van der Waals surface area contributed by atoms with Gasteiger partial charge in [-0.25, -0.2) is 4.79 Å². The zero-order chi connectivity index (χ0) is 14.0. The number of hydrogen-bond acceptors (Lipinski definition) is 4. The van der Waals surface area contributed by atoms with Crippen LogP contribution in [0, 0.1) is 17.3 Å². The lowest BCUT2D eigenvalue weighted by molar-refractivity contribution is -0.178. The normalized spacial score (nSPS) is 49.2. The van der Waals surface area contributed by atoms with Crippen molar-refractivity contribution in [3.05, 3.63) is 0 Å². The van der Waals surface area contributed by atoms with Crippen molar-refractivity contribution in [2.24, 2.45) is 17.3 Å². The van der Waals surface area contributed by atoms with E-state index < -0.39 is 6.10 Å². The molecule has 0 spiro atoms. The van der Waals surface area contributed by atoms with Crippen LogP contribution in [0.3, 0.4) is 0 Å². The molecule has 1 aliphatic heterocycles. The Labute approximate surface area is 126 Å². The molecule has 4 saturated carbocycles. The smallest absolute Gasteiger partial charge is 0.347 e. The fourth-order valence-electron chi connectivity index (χ4n) is 5.23. The highest BCUT2D eigenvalue weighted by atomic mass is 79.9. The SMILES string of the molecule is O=C1OCC[C@H]1OC(=O)C12C[C@@H]3C[C@@H](CC(Br)(C3)C1)C2. The van der Waals surface area contributed by atoms with Crippen molar-refractivity contribution in [1.82, 2.24) is 0 Å². The first-order chi connectivity index (χ1) is 9.48. The van der Waals surface area contributed by atoms with Gasteiger partial charge in [0.2, 0.25) is 6.10 Å². The first-order valence-electron chi connectivity index (χ1n) is 7.55. The molecule has 0 aromatic heterocycles. The monoisotopic (exact) mass is 342 g/mol. The molecule has 0 radical (unpaired) electrons. The van der Waals surface area contributed by atoms with E-state index in [1.165, 1.54) is 19.3 Å². The van der Waals surface area contributed by atoms with Crippen LogP contribution in [-0.4, -0.2) is 29.0 Å². The molecule has 5 heteroatoms. The maximum absolute atomic E-state index is 12.7. The lowest BCUT2D eigenvalue weighted by Gasteiger charge is -2.58. The van der Waals surface area contributed by atoms with Crippen LogP contribution in [-0.2, 0) is 19.1 Å². The molecule has 4 aliphatic carbocycles. The maximum Gasteiger partial charge on any atom is 0.347 e. The summed E-state index contributed by atoms with van der Waals surface area (Å²) in [6.07, 6.45) is 6.22. The van der Waals surface area contributed by atoms with Crippen LogP contribution in [0.5, 0.6) is 0 Å². The summed E-state index contributed by atoms with van der Waals surface area (Å²) in [5, 5.41) is 0. The standard InChI is InChI=1S/C15H19BrO4/c16-15-6-9-3-10(7-15)5-14(4-9,8-15)13(18)20-11-1-2-19-12(11)17/h9-11H,1-8H2/t9-,10+,11-,14?,15?/m1/s1. The van der Waals surface area contributed by atoms with Crippen LogP contribution in [0.15, 0.2) is 0 Å². The second kappa shape index (κ2) is 4.21. The summed E-state index contributed by atoms with van der Waals surface area (Å²) in [6, 6.07) is 0. The Morgan fingerprint density at radius 3 is 2.50 bits per heavy atom. The fraction of sp³-hybridized carbons (Fsp3) is 0.867. The average Bonchev–Trinajstić information content (AvgIpc) is 2.71. The van der Waals surface area contributed by atoms with Crippen molar-refractivity contribution in [2.75, 3.05) is 6.61 Å². The lowest BCUT2D eigenvalue weighted by atomic mass is 9.49. The van der Waals surface area contributed by atoms with E-state index in [-0.39, 0.29) is 21.7 Å². The summed E-state index contributed by atoms with van der Waals surface area (Å²) < 4.78 is 10.5. The summed E-state index contributed by atoms with van der Waals surface area (Å²) in [5.41, 5.74) is -0.351. The van der Waals surface area contributed by atoms with E-state index in [4.69, 9.17) is 9.47 Å². The molecular weight excluding hydrogens is 324 g/mol. The second-order valence-electron chi connectivity index (χ2n) is 7.24. The minimum Gasteiger partial charge on any atom is -0.463 e. The van der Waals surface area contributed by atoms with Crippen LogP contribution in [0.1, 0.15) is 44.9 Å². The van der Waals surface area contributed by atoms with E-state index in [9.17, 15) is 9.59 Å². The van der Waals surface area contributed by atoms with E-state index in [1.54, 1.807) is 0 Å². The molecule has 0 aromatic carbocycles. The van der Waals surface area contributed by atoms with Gasteiger partial charge in [0, 0.05) is 10.7 Å². The van der Waals surface area contributed by atoms with Gasteiger partial charge < -0.3 is 9.47 Å². The van der Waals surface area contributed by atoms with Crippen LogP contribution in [0.2, 0.25) is 0 Å². The highest BCUT2D eigenvalue weighted by Gasteiger charge is 2.61. The van der Waals surface area contributed by atoms with Crippen molar-refractivity contribution >= 4 is 27.9 Å². The molecule has 5 rings (SSSR count). The zero-order valence-electron chi connectivity index (χ0n) is 11.4. The molecule has 2 unspecified atom stereocenters. The quantitative estimate of drug-likeness (QED) is 0.571. The molecule has 110 valence electrons. The third-order valence-corrected chi connectivity index (χ3v) is 6.49. The molecule has 20 heavy (non-hydrogen) atoms. The highest BCUT2D eigenvalue weighted by Crippen LogP contribution is 2.64. The second-order valence-corrected chi connectivity index (χ2v) is 8.92. The van der Waals surface area contributed by atoms with Gasteiger partial charge in [0.1, 0.15) is 0 Å². The van der Waals surface area contributed by atoms with Gasteiger partial charge in [-0.1, -0.05) is 15.9 Å². The molecule has 0 aromatic rings. The van der Waals surface area contributed by atoms with Crippen molar-refractivity contribution in [3.8, 4) is 0 Å². The minimum absolute atomic E-state index is 0.131. The third-order valence-electron chi connectivity index (χ3n) is 5.56. The number of esters is 2. The van der Waals surface area contributed by atoms with Crippen LogP contribution in [0.25, 0.3) is 0 Å². The van der Waals surface area contributed by atoms with Gasteiger partial charge in [0.25, 0.3) is 0 Å². The largest absolute Gasteiger partial charge is 0.463 e. The van der Waals surface area contributed by atoms with Gasteiger partial charge in [-0.2, -0.15) is 0 Å². The average molecular weight is 343 g/mol. The van der Waals surface area contributed by atoms with Crippen LogP contribution >= 0.6 is 15.9 Å². The van der Waals surface area contributed by atoms with E-state index in [0.717, 1.165) is 19.3 Å². The molecule has 0 amide bonds. The van der Waals surface area contributed by atoms with Crippen LogP contribution in [0.4, 0.5) is 0 Å². The van der Waals surface area contributed by atoms with Gasteiger partial charge in [-0.3, -0.25) is 4.79 Å². The Morgan fingerprint density at radius 1 is 1.25 bits per heavy atom. The Balaban J connectivity index is 1.55. The summed E-state index contributed by atoms with van der Waals surface area (Å²) >= 11 is 3.89. The number of ether oxygens (including phenoxy) is 2. The van der Waals surface area contributed by atoms with Gasteiger partial charge in [0.15, 0.2) is 0 Å². The molecule has 5 aliphatic rings. The topological polar surface area (TPSA) is 52.6 Å². The number of carbonyl (C=O) groups is 2. The first kappa shape index (κ1) is 13.1. The summed E-state index contributed by atoms with van der Waals surface area (Å²) in [7, 11) is 0. The fourth-order valence-corrected chi connectivity index (χ4v) is 6.68. The van der Waals surface area contributed by atoms with E-state index in [1.807, 2.05) is 0 Å². The molecule has 1 saturated heterocycles. The summed E-state index contributed by atoms with van der Waals surface area (Å²) in [5.74, 6) is 0.744. The lowest BCUT2D eigenvalue weighted by Crippen LogP contribution is -2.56. The number of carbonyl (C=O) groups excluding carboxylic acids is 2. The number of halogens is 1. The van der Waals surface area contributed by atoms with E-state index in [0.29, 0.717) is 24.9 Å². The third kappa shape index (κ3) is 1.92. The molecule has 0 N–H and O–H groups in total. The van der Waals surface area contributed by atoms with Gasteiger partial charge >= 0.3 is 11.9 Å². The molecular formula is C15H19BrO4. The summed E-state index contributed by atoms with van der Waals surface area (Å²) in [6.45, 7) is 0.372. The zero-order valence-corrected chi connectivity index (χ0v) is 13.0. The Kier molecular flexibility index (Phi) is 2.76. The maximum atomic E-state index is 12.7. The molecule has 4 nitrogen and oxygen atoms in total. The Bertz CT molecular complexity index is 460. The van der Waals surface area contributed by atoms with Gasteiger partial charge in [-0.15, -0.1) is 0 Å². The van der Waals surface area contributed by atoms with E-state index >= 15 is 0 Å². The van der Waals surface area contributed by atoms with Gasteiger partial charge in [0.05, 0.1) is 12.0 Å². The predicted octanol–water partition coefficient (Wildman–Crippen LogP) is 2.58. The Hall–Kier alpha value is -0.580. The summed E-state index contributed by atoms with van der Waals surface area (Å²) in [4.78, 5) is 24.2. The molecule has 5 fully saturated rings. The molecule has 5 atom stereocenters. The number of hydrogen-bond donors (Lipinski definition) is 0. The van der Waals surface area contributed by atoms with Crippen molar-refractivity contribution < 1.29 is 19.1 Å². The highest BCUT2D eigenvalue weighted by molar-refractivity contribution is 9.10. The van der Waals surface area contributed by atoms with E-state index in [2.05, 4.69) is 15.9 Å². The van der Waals surface area contributed by atoms with Crippen molar-refractivity contribution in [2.45, 2.75) is 55.4 Å². The number of rotatable bonds is 2. The molecule has 4 bridgehead atoms. The van der Waals surface area contributed by atoms with Gasteiger partial charge in [-0.05, 0) is 50.4 Å². The number of cyclic esters (lactones) is 1. The predicted molar refractivity (Wildman–Crippen MR) is 74.2 cm³/mol. The number of alkyl halides is 1. The van der Waals surface area contributed by atoms with Crippen molar-refractivity contribution in [3.63, 3.8) is 0 Å². The van der Waals surface area contributed by atoms with Crippen LogP contribution < -0.4 is 0 Å². The van der Waals surface area contributed by atoms with Crippen molar-refractivity contribution in [1.29, 1.82) is 0 Å².